The van der Waals surface area contributed by atoms with Crippen molar-refractivity contribution >= 4 is 27.4 Å². The summed E-state index contributed by atoms with van der Waals surface area (Å²) in [5, 5.41) is 2.70. The van der Waals surface area contributed by atoms with Crippen molar-refractivity contribution in [2.24, 2.45) is 0 Å². The first-order valence-electron chi connectivity index (χ1n) is 8.27. The van der Waals surface area contributed by atoms with Gasteiger partial charge < -0.3 is 5.32 Å². The summed E-state index contributed by atoms with van der Waals surface area (Å²) in [5.74, 6) is -0.478. The number of nitrogens with one attached hydrogen (secondary N) is 2. The molecule has 2 aromatic rings. The zero-order valence-electron chi connectivity index (χ0n) is 14.9. The molecular formula is C19H22N2O4S. The van der Waals surface area contributed by atoms with Crippen LogP contribution in [0.1, 0.15) is 47.9 Å². The molecule has 0 aliphatic rings. The van der Waals surface area contributed by atoms with Crippen molar-refractivity contribution in [2.45, 2.75) is 38.1 Å². The molecule has 0 aliphatic heterocycles. The molecule has 1 amide bonds. The molecule has 0 saturated carbocycles. The molecule has 1 atom stereocenters. The number of carbonyl (C=O) groups excluding carboxylic acids is 2. The largest absolute Gasteiger partial charge is 0.322 e. The molecule has 2 aromatic carbocycles. The first kappa shape index (κ1) is 19.8. The van der Waals surface area contributed by atoms with E-state index in [1.165, 1.54) is 31.2 Å². The lowest BCUT2D eigenvalue weighted by Crippen LogP contribution is -2.32. The first-order valence-corrected chi connectivity index (χ1v) is 9.76. The number of anilines is 1. The second-order valence-corrected chi connectivity index (χ2v) is 7.76. The van der Waals surface area contributed by atoms with E-state index < -0.39 is 10.0 Å². The minimum absolute atomic E-state index is 0.0931. The van der Waals surface area contributed by atoms with E-state index in [2.05, 4.69) is 10.0 Å². The molecule has 0 fully saturated rings. The van der Waals surface area contributed by atoms with Crippen molar-refractivity contribution in [3.63, 3.8) is 0 Å². The number of ketones is 1. The fourth-order valence-electron chi connectivity index (χ4n) is 2.22. The molecule has 26 heavy (non-hydrogen) atoms. The molecule has 138 valence electrons. The van der Waals surface area contributed by atoms with Gasteiger partial charge in [0, 0.05) is 22.9 Å². The summed E-state index contributed by atoms with van der Waals surface area (Å²) in [6.45, 7) is 5.13. The highest BCUT2D eigenvalue weighted by atomic mass is 32.2. The van der Waals surface area contributed by atoms with Crippen LogP contribution in [0.15, 0.2) is 53.4 Å². The lowest BCUT2D eigenvalue weighted by atomic mass is 10.1. The van der Waals surface area contributed by atoms with Gasteiger partial charge in [-0.25, -0.2) is 13.1 Å². The fourth-order valence-corrected chi connectivity index (χ4v) is 3.55. The Morgan fingerprint density at radius 2 is 1.69 bits per heavy atom. The molecule has 6 nitrogen and oxygen atoms in total. The number of Topliss-reactive ketones (excluding diaryl/α,β-unsaturated/α-hetero) is 1. The maximum Gasteiger partial charge on any atom is 0.255 e. The van der Waals surface area contributed by atoms with E-state index in [4.69, 9.17) is 0 Å². The Morgan fingerprint density at radius 1 is 1.04 bits per heavy atom. The molecular weight excluding hydrogens is 352 g/mol. The van der Waals surface area contributed by atoms with Crippen LogP contribution in [-0.2, 0) is 10.0 Å². The summed E-state index contributed by atoms with van der Waals surface area (Å²) in [5.41, 5.74) is 1.32. The van der Waals surface area contributed by atoms with Crippen LogP contribution >= 0.6 is 0 Å². The van der Waals surface area contributed by atoms with Crippen molar-refractivity contribution in [2.75, 3.05) is 5.32 Å². The second-order valence-electron chi connectivity index (χ2n) is 6.05. The molecule has 2 N–H and O–H groups in total. The van der Waals surface area contributed by atoms with Gasteiger partial charge >= 0.3 is 0 Å². The normalized spacial score (nSPS) is 12.4. The predicted molar refractivity (Wildman–Crippen MR) is 101 cm³/mol. The standard InChI is InChI=1S/C19H22N2O4S/c1-4-13(2)21-26(24,25)18-10-8-15(9-11-18)19(23)20-17-7-5-6-16(12-17)14(3)22/h5-13,21H,4H2,1-3H3,(H,20,23). The van der Waals surface area contributed by atoms with Crippen LogP contribution in [0.2, 0.25) is 0 Å². The lowest BCUT2D eigenvalue weighted by molar-refractivity contribution is 0.101. The number of rotatable bonds is 7. The van der Waals surface area contributed by atoms with Gasteiger partial charge in [0.1, 0.15) is 0 Å². The van der Waals surface area contributed by atoms with Crippen molar-refractivity contribution in [3.8, 4) is 0 Å². The van der Waals surface area contributed by atoms with Crippen LogP contribution in [0, 0.1) is 0 Å². The third-order valence-corrected chi connectivity index (χ3v) is 5.53. The molecule has 1 unspecified atom stereocenters. The third kappa shape index (κ3) is 5.00. The molecule has 0 bridgehead atoms. The topological polar surface area (TPSA) is 92.3 Å². The SMILES string of the molecule is CCC(C)NS(=O)(=O)c1ccc(C(=O)Nc2cccc(C(C)=O)c2)cc1. The van der Waals surface area contributed by atoms with Crippen molar-refractivity contribution in [3.05, 3.63) is 59.7 Å². The molecule has 7 heteroatoms. The number of benzene rings is 2. The Hall–Kier alpha value is -2.51. The summed E-state index contributed by atoms with van der Waals surface area (Å²) < 4.78 is 27.0. The van der Waals surface area contributed by atoms with Crippen molar-refractivity contribution < 1.29 is 18.0 Å². The van der Waals surface area contributed by atoms with Gasteiger partial charge in [0.15, 0.2) is 5.78 Å². The van der Waals surface area contributed by atoms with E-state index in [1.807, 2.05) is 6.92 Å². The van der Waals surface area contributed by atoms with Gasteiger partial charge in [-0.2, -0.15) is 0 Å². The van der Waals surface area contributed by atoms with E-state index in [9.17, 15) is 18.0 Å². The van der Waals surface area contributed by atoms with Gasteiger partial charge in [-0.3, -0.25) is 9.59 Å². The number of amides is 1. The highest BCUT2D eigenvalue weighted by Crippen LogP contribution is 2.15. The van der Waals surface area contributed by atoms with Crippen molar-refractivity contribution in [1.29, 1.82) is 0 Å². The molecule has 0 heterocycles. The quantitative estimate of drug-likeness (QED) is 0.728. The maximum atomic E-state index is 12.3. The Balaban J connectivity index is 2.14. The Kier molecular flexibility index (Phi) is 6.28. The number of hydrogen-bond acceptors (Lipinski definition) is 4. The van der Waals surface area contributed by atoms with Gasteiger partial charge in [0.25, 0.3) is 5.91 Å². The average Bonchev–Trinajstić information content (AvgIpc) is 2.61. The highest BCUT2D eigenvalue weighted by Gasteiger charge is 2.17. The highest BCUT2D eigenvalue weighted by molar-refractivity contribution is 7.89. The smallest absolute Gasteiger partial charge is 0.255 e. The summed E-state index contributed by atoms with van der Waals surface area (Å²) in [4.78, 5) is 23.8. The van der Waals surface area contributed by atoms with E-state index in [1.54, 1.807) is 31.2 Å². The van der Waals surface area contributed by atoms with Crippen LogP contribution in [0.4, 0.5) is 5.69 Å². The zero-order chi connectivity index (χ0) is 19.3. The first-order chi connectivity index (χ1) is 12.2. The van der Waals surface area contributed by atoms with Crippen LogP contribution < -0.4 is 10.0 Å². The molecule has 0 aromatic heterocycles. The molecule has 0 aliphatic carbocycles. The van der Waals surface area contributed by atoms with Gasteiger partial charge in [-0.15, -0.1) is 0 Å². The molecule has 0 radical (unpaired) electrons. The summed E-state index contributed by atoms with van der Waals surface area (Å²) in [7, 11) is -3.61. The maximum absolute atomic E-state index is 12.3. The second kappa shape index (κ2) is 8.25. The number of hydrogen-bond donors (Lipinski definition) is 2. The van der Waals surface area contributed by atoms with Crippen molar-refractivity contribution in [1.82, 2.24) is 4.72 Å². The summed E-state index contributed by atoms with van der Waals surface area (Å²) >= 11 is 0. The predicted octanol–water partition coefficient (Wildman–Crippen LogP) is 3.22. The summed E-state index contributed by atoms with van der Waals surface area (Å²) in [6, 6.07) is 12.2. The van der Waals surface area contributed by atoms with Gasteiger partial charge in [-0.1, -0.05) is 19.1 Å². The fraction of sp³-hybridized carbons (Fsp3) is 0.263. The minimum Gasteiger partial charge on any atom is -0.322 e. The van der Waals surface area contributed by atoms with Gasteiger partial charge in [0.05, 0.1) is 4.90 Å². The van der Waals surface area contributed by atoms with Crippen LogP contribution in [0.5, 0.6) is 0 Å². The van der Waals surface area contributed by atoms with E-state index in [0.29, 0.717) is 23.2 Å². The molecule has 0 spiro atoms. The number of carbonyl (C=O) groups is 2. The third-order valence-electron chi connectivity index (χ3n) is 3.92. The van der Waals surface area contributed by atoms with Gasteiger partial charge in [-0.05, 0) is 56.7 Å². The molecule has 0 saturated heterocycles. The molecule has 2 rings (SSSR count). The zero-order valence-corrected chi connectivity index (χ0v) is 15.8. The van der Waals surface area contributed by atoms with E-state index in [0.717, 1.165) is 0 Å². The van der Waals surface area contributed by atoms with E-state index >= 15 is 0 Å². The Bertz CT molecular complexity index is 905. The average molecular weight is 374 g/mol. The minimum atomic E-state index is -3.61. The Labute approximate surface area is 153 Å². The van der Waals surface area contributed by atoms with Gasteiger partial charge in [0.2, 0.25) is 10.0 Å². The monoisotopic (exact) mass is 374 g/mol. The van der Waals surface area contributed by atoms with Crippen LogP contribution in [0.3, 0.4) is 0 Å². The van der Waals surface area contributed by atoms with Crippen LogP contribution in [-0.4, -0.2) is 26.2 Å². The van der Waals surface area contributed by atoms with Crippen LogP contribution in [0.25, 0.3) is 0 Å². The summed E-state index contributed by atoms with van der Waals surface area (Å²) in [6.07, 6.45) is 0.680. The Morgan fingerprint density at radius 3 is 2.27 bits per heavy atom. The van der Waals surface area contributed by atoms with E-state index in [-0.39, 0.29) is 22.6 Å². The lowest BCUT2D eigenvalue weighted by Gasteiger charge is -2.12. The number of sulfonamides is 1.